The molecule has 1 saturated heterocycles. The molecule has 0 N–H and O–H groups in total. The highest BCUT2D eigenvalue weighted by atomic mass is 16.5. The molecule has 0 aromatic rings. The highest BCUT2D eigenvalue weighted by Crippen LogP contribution is 2.48. The van der Waals surface area contributed by atoms with Gasteiger partial charge >= 0.3 is 0 Å². The van der Waals surface area contributed by atoms with Crippen LogP contribution < -0.4 is 0 Å². The molecule has 0 aromatic carbocycles. The summed E-state index contributed by atoms with van der Waals surface area (Å²) < 4.78 is 5.91. The van der Waals surface area contributed by atoms with E-state index in [4.69, 9.17) is 4.74 Å². The molecule has 2 nitrogen and oxygen atoms in total. The Morgan fingerprint density at radius 3 is 2.58 bits per heavy atom. The van der Waals surface area contributed by atoms with E-state index in [-0.39, 0.29) is 18.0 Å². The first-order valence-electron chi connectivity index (χ1n) is 7.62. The smallest absolute Gasteiger partial charge is 0.184 e. The van der Waals surface area contributed by atoms with Gasteiger partial charge in [-0.25, -0.2) is 0 Å². The van der Waals surface area contributed by atoms with Gasteiger partial charge in [-0.05, 0) is 37.3 Å². The lowest BCUT2D eigenvalue weighted by molar-refractivity contribution is -0.126. The van der Waals surface area contributed by atoms with Gasteiger partial charge in [0, 0.05) is 11.8 Å². The lowest BCUT2D eigenvalue weighted by atomic mass is 9.84. The second kappa shape index (κ2) is 4.45. The molecule has 2 heterocycles. The van der Waals surface area contributed by atoms with E-state index >= 15 is 0 Å². The molecule has 2 unspecified atom stereocenters. The van der Waals surface area contributed by atoms with Crippen molar-refractivity contribution in [3.63, 3.8) is 0 Å². The molecule has 2 fully saturated rings. The van der Waals surface area contributed by atoms with Gasteiger partial charge in [-0.3, -0.25) is 4.79 Å². The Hall–Kier alpha value is -1.15. The predicted molar refractivity (Wildman–Crippen MR) is 73.7 cm³/mol. The van der Waals surface area contributed by atoms with E-state index in [2.05, 4.69) is 12.2 Å². The SMILES string of the molecule is O=C1C=C[C@@H]2O[C@H]1C1C(=C3CCCCCC3)C=CC12. The molecule has 0 amide bonds. The molecule has 4 atom stereocenters. The summed E-state index contributed by atoms with van der Waals surface area (Å²) in [4.78, 5) is 12.0. The minimum absolute atomic E-state index is 0.132. The number of ether oxygens (including phenoxy) is 1. The van der Waals surface area contributed by atoms with Crippen LogP contribution in [0.15, 0.2) is 35.5 Å². The van der Waals surface area contributed by atoms with E-state index in [1.807, 2.05) is 6.08 Å². The fraction of sp³-hybridized carbons (Fsp3) is 0.588. The van der Waals surface area contributed by atoms with Gasteiger partial charge in [0.25, 0.3) is 0 Å². The van der Waals surface area contributed by atoms with Gasteiger partial charge in [0.15, 0.2) is 5.78 Å². The van der Waals surface area contributed by atoms with Crippen molar-refractivity contribution < 1.29 is 9.53 Å². The molecule has 0 radical (unpaired) electrons. The Morgan fingerprint density at radius 1 is 1.00 bits per heavy atom. The van der Waals surface area contributed by atoms with E-state index in [0.29, 0.717) is 11.8 Å². The van der Waals surface area contributed by atoms with Gasteiger partial charge in [0.05, 0.1) is 6.10 Å². The third-order valence-electron chi connectivity index (χ3n) is 5.13. The summed E-state index contributed by atoms with van der Waals surface area (Å²) in [6.07, 6.45) is 16.0. The normalized spacial score (nSPS) is 40.7. The summed E-state index contributed by atoms with van der Waals surface area (Å²) in [5, 5.41) is 0. The van der Waals surface area contributed by atoms with Gasteiger partial charge in [-0.1, -0.05) is 36.6 Å². The summed E-state index contributed by atoms with van der Waals surface area (Å²) >= 11 is 0. The predicted octanol–water partition coefficient (Wildman–Crippen LogP) is 3.35. The molecular weight excluding hydrogens is 236 g/mol. The molecule has 4 rings (SSSR count). The van der Waals surface area contributed by atoms with Gasteiger partial charge in [0.2, 0.25) is 0 Å². The van der Waals surface area contributed by atoms with E-state index < -0.39 is 0 Å². The lowest BCUT2D eigenvalue weighted by Gasteiger charge is -2.20. The summed E-state index contributed by atoms with van der Waals surface area (Å²) in [6.45, 7) is 0. The zero-order valence-electron chi connectivity index (χ0n) is 11.2. The van der Waals surface area contributed by atoms with Crippen molar-refractivity contribution in [2.75, 3.05) is 0 Å². The van der Waals surface area contributed by atoms with E-state index in [9.17, 15) is 4.79 Å². The maximum atomic E-state index is 12.0. The molecule has 19 heavy (non-hydrogen) atoms. The highest BCUT2D eigenvalue weighted by molar-refractivity contribution is 5.95. The number of carbonyl (C=O) groups excluding carboxylic acids is 1. The van der Waals surface area contributed by atoms with E-state index in [1.54, 1.807) is 11.6 Å². The zero-order chi connectivity index (χ0) is 12.8. The van der Waals surface area contributed by atoms with Crippen LogP contribution in [0.1, 0.15) is 38.5 Å². The van der Waals surface area contributed by atoms with Crippen LogP contribution in [-0.2, 0) is 9.53 Å². The Kier molecular flexibility index (Phi) is 2.73. The van der Waals surface area contributed by atoms with Crippen LogP contribution in [0.4, 0.5) is 0 Å². The molecule has 2 heteroatoms. The van der Waals surface area contributed by atoms with Crippen LogP contribution in [0.2, 0.25) is 0 Å². The number of ketones is 1. The molecule has 100 valence electrons. The summed E-state index contributed by atoms with van der Waals surface area (Å²) in [5.41, 5.74) is 3.04. The fourth-order valence-electron chi connectivity index (χ4n) is 4.18. The average molecular weight is 256 g/mol. The molecule has 2 bridgehead atoms. The van der Waals surface area contributed by atoms with Crippen molar-refractivity contribution in [3.05, 3.63) is 35.5 Å². The topological polar surface area (TPSA) is 26.3 Å². The summed E-state index contributed by atoms with van der Waals surface area (Å²) in [5.74, 6) is 0.873. The van der Waals surface area contributed by atoms with Crippen molar-refractivity contribution in [2.24, 2.45) is 11.8 Å². The minimum Gasteiger partial charge on any atom is -0.361 e. The zero-order valence-corrected chi connectivity index (χ0v) is 11.2. The second-order valence-corrected chi connectivity index (χ2v) is 6.22. The van der Waals surface area contributed by atoms with E-state index in [0.717, 1.165) is 0 Å². The van der Waals surface area contributed by atoms with Crippen LogP contribution in [-0.4, -0.2) is 18.0 Å². The van der Waals surface area contributed by atoms with Gasteiger partial charge in [0.1, 0.15) is 6.10 Å². The molecule has 0 aromatic heterocycles. The largest absolute Gasteiger partial charge is 0.361 e. The Balaban J connectivity index is 1.70. The van der Waals surface area contributed by atoms with Crippen molar-refractivity contribution in [1.82, 2.24) is 0 Å². The van der Waals surface area contributed by atoms with Gasteiger partial charge in [-0.15, -0.1) is 0 Å². The second-order valence-electron chi connectivity index (χ2n) is 6.22. The van der Waals surface area contributed by atoms with Gasteiger partial charge in [-0.2, -0.15) is 0 Å². The Labute approximate surface area is 114 Å². The number of carbonyl (C=O) groups is 1. The van der Waals surface area contributed by atoms with Crippen LogP contribution in [0.3, 0.4) is 0 Å². The average Bonchev–Trinajstić information content (AvgIpc) is 2.84. The molecule has 1 saturated carbocycles. The maximum Gasteiger partial charge on any atom is 0.184 e. The molecule has 2 aliphatic heterocycles. The first kappa shape index (κ1) is 11.7. The third kappa shape index (κ3) is 1.77. The van der Waals surface area contributed by atoms with Crippen molar-refractivity contribution >= 4 is 5.78 Å². The number of fused-ring (bicyclic) bond motifs is 5. The van der Waals surface area contributed by atoms with Crippen LogP contribution in [0.5, 0.6) is 0 Å². The molecule has 2 aliphatic carbocycles. The Bertz CT molecular complexity index is 487. The quantitative estimate of drug-likeness (QED) is 0.621. The summed E-state index contributed by atoms with van der Waals surface area (Å²) in [7, 11) is 0. The molecular formula is C17H20O2. The maximum absolute atomic E-state index is 12.0. The number of rotatable bonds is 0. The summed E-state index contributed by atoms with van der Waals surface area (Å²) in [6, 6.07) is 0. The van der Waals surface area contributed by atoms with Crippen LogP contribution in [0.25, 0.3) is 0 Å². The van der Waals surface area contributed by atoms with Gasteiger partial charge < -0.3 is 4.74 Å². The highest BCUT2D eigenvalue weighted by Gasteiger charge is 2.50. The van der Waals surface area contributed by atoms with Crippen LogP contribution >= 0.6 is 0 Å². The first-order valence-corrected chi connectivity index (χ1v) is 7.62. The van der Waals surface area contributed by atoms with E-state index in [1.165, 1.54) is 44.1 Å². The fourth-order valence-corrected chi connectivity index (χ4v) is 4.18. The third-order valence-corrected chi connectivity index (χ3v) is 5.13. The lowest BCUT2D eigenvalue weighted by Crippen LogP contribution is -2.28. The first-order chi connectivity index (χ1) is 9.34. The minimum atomic E-state index is -0.208. The van der Waals surface area contributed by atoms with Crippen molar-refractivity contribution in [3.8, 4) is 0 Å². The Morgan fingerprint density at radius 2 is 1.79 bits per heavy atom. The van der Waals surface area contributed by atoms with Crippen LogP contribution in [0, 0.1) is 11.8 Å². The standard InChI is InChI=1S/C17H20O2/c18-14-9-10-15-13-8-7-12(16(13)17(14)19-15)11-5-3-1-2-4-6-11/h7-10,13,15-17H,1-6H2/t13?,15-,16?,17+/m0/s1. The number of hydrogen-bond acceptors (Lipinski definition) is 2. The molecule has 4 aliphatic rings. The number of hydrogen-bond donors (Lipinski definition) is 0. The molecule has 0 spiro atoms. The van der Waals surface area contributed by atoms with Crippen molar-refractivity contribution in [2.45, 2.75) is 50.7 Å². The van der Waals surface area contributed by atoms with Crippen molar-refractivity contribution in [1.29, 1.82) is 0 Å². The number of allylic oxidation sites excluding steroid dienone is 2. The monoisotopic (exact) mass is 256 g/mol.